The van der Waals surface area contributed by atoms with Crippen molar-refractivity contribution in [2.24, 2.45) is 5.73 Å². The average molecular weight is 192 g/mol. The first-order valence-electron chi connectivity index (χ1n) is 4.50. The van der Waals surface area contributed by atoms with Crippen LogP contribution >= 0.6 is 0 Å². The van der Waals surface area contributed by atoms with Crippen LogP contribution in [0.5, 0.6) is 0 Å². The minimum Gasteiger partial charge on any atom is -0.461 e. The van der Waals surface area contributed by atoms with Gasteiger partial charge >= 0.3 is 0 Å². The van der Waals surface area contributed by atoms with Crippen molar-refractivity contribution in [3.05, 3.63) is 30.0 Å². The fraction of sp³-hybridized carbons (Fsp3) is 0.300. The molecule has 4 heteroatoms. The molecule has 0 aromatic carbocycles. The van der Waals surface area contributed by atoms with Crippen LogP contribution in [0.15, 0.2) is 27.4 Å². The molecule has 0 aliphatic carbocycles. The number of nitrogens with zero attached hydrogens (tertiary/aromatic N) is 1. The monoisotopic (exact) mass is 192 g/mol. The first-order chi connectivity index (χ1) is 6.81. The second-order valence-electron chi connectivity index (χ2n) is 3.09. The zero-order valence-electron chi connectivity index (χ0n) is 7.99. The van der Waals surface area contributed by atoms with Crippen molar-refractivity contribution in [1.29, 1.82) is 0 Å². The normalized spacial score (nSPS) is 10.7. The van der Waals surface area contributed by atoms with Gasteiger partial charge in [0, 0.05) is 13.0 Å². The molecule has 0 atom stereocenters. The number of hydrogen-bond acceptors (Lipinski definition) is 4. The SMILES string of the molecule is Cc1ccoc1-c1cnc(CCN)o1. The predicted molar refractivity (Wildman–Crippen MR) is 51.7 cm³/mol. The van der Waals surface area contributed by atoms with Crippen LogP contribution in [0.25, 0.3) is 11.5 Å². The maximum Gasteiger partial charge on any atom is 0.196 e. The summed E-state index contributed by atoms with van der Waals surface area (Å²) in [4.78, 5) is 4.10. The second-order valence-corrected chi connectivity index (χ2v) is 3.09. The lowest BCUT2D eigenvalue weighted by Crippen LogP contribution is -2.02. The molecule has 2 N–H and O–H groups in total. The zero-order chi connectivity index (χ0) is 9.97. The van der Waals surface area contributed by atoms with Crippen LogP contribution in [-0.2, 0) is 6.42 Å². The Bertz CT molecular complexity index is 417. The summed E-state index contributed by atoms with van der Waals surface area (Å²) in [5, 5.41) is 0. The van der Waals surface area contributed by atoms with Crippen LogP contribution in [0.2, 0.25) is 0 Å². The third-order valence-corrected chi connectivity index (χ3v) is 2.00. The Morgan fingerprint density at radius 2 is 2.36 bits per heavy atom. The first kappa shape index (κ1) is 9.02. The molecule has 2 rings (SSSR count). The highest BCUT2D eigenvalue weighted by Gasteiger charge is 2.10. The van der Waals surface area contributed by atoms with Gasteiger partial charge in [-0.1, -0.05) is 0 Å². The van der Waals surface area contributed by atoms with E-state index in [-0.39, 0.29) is 0 Å². The summed E-state index contributed by atoms with van der Waals surface area (Å²) >= 11 is 0. The maximum atomic E-state index is 5.46. The molecule has 0 spiro atoms. The number of oxazole rings is 1. The summed E-state index contributed by atoms with van der Waals surface area (Å²) in [7, 11) is 0. The topological polar surface area (TPSA) is 65.2 Å². The summed E-state index contributed by atoms with van der Waals surface area (Å²) in [5.41, 5.74) is 6.44. The van der Waals surface area contributed by atoms with Crippen molar-refractivity contribution in [2.45, 2.75) is 13.3 Å². The smallest absolute Gasteiger partial charge is 0.196 e. The molecule has 14 heavy (non-hydrogen) atoms. The van der Waals surface area contributed by atoms with Crippen LogP contribution in [0.4, 0.5) is 0 Å². The van der Waals surface area contributed by atoms with Gasteiger partial charge < -0.3 is 14.6 Å². The van der Waals surface area contributed by atoms with E-state index in [0.29, 0.717) is 24.6 Å². The first-order valence-corrected chi connectivity index (χ1v) is 4.50. The second kappa shape index (κ2) is 3.67. The number of aromatic nitrogens is 1. The van der Waals surface area contributed by atoms with Gasteiger partial charge in [0.1, 0.15) is 0 Å². The summed E-state index contributed by atoms with van der Waals surface area (Å²) in [6, 6.07) is 1.89. The van der Waals surface area contributed by atoms with Crippen LogP contribution < -0.4 is 5.73 Å². The van der Waals surface area contributed by atoms with Crippen LogP contribution in [0.1, 0.15) is 11.5 Å². The van der Waals surface area contributed by atoms with Gasteiger partial charge in [-0.15, -0.1) is 0 Å². The molecule has 0 unspecified atom stereocenters. The molecule has 4 nitrogen and oxygen atoms in total. The molecule has 0 amide bonds. The van der Waals surface area contributed by atoms with E-state index in [1.54, 1.807) is 12.5 Å². The molecule has 0 bridgehead atoms. The molecule has 0 aliphatic rings. The number of rotatable bonds is 3. The van der Waals surface area contributed by atoms with E-state index in [1.807, 2.05) is 13.0 Å². The zero-order valence-corrected chi connectivity index (χ0v) is 7.99. The summed E-state index contributed by atoms with van der Waals surface area (Å²) in [6.45, 7) is 2.50. The van der Waals surface area contributed by atoms with Gasteiger partial charge in [-0.3, -0.25) is 0 Å². The Labute approximate surface area is 81.7 Å². The Morgan fingerprint density at radius 1 is 1.50 bits per heavy atom. The highest BCUT2D eigenvalue weighted by molar-refractivity contribution is 5.53. The molecule has 0 radical (unpaired) electrons. The van der Waals surface area contributed by atoms with Crippen molar-refractivity contribution >= 4 is 0 Å². The largest absolute Gasteiger partial charge is 0.461 e. The number of aryl methyl sites for hydroxylation is 1. The molecular weight excluding hydrogens is 180 g/mol. The van der Waals surface area contributed by atoms with E-state index >= 15 is 0 Å². The summed E-state index contributed by atoms with van der Waals surface area (Å²) in [5.74, 6) is 2.05. The molecule has 2 heterocycles. The van der Waals surface area contributed by atoms with Gasteiger partial charge in [-0.2, -0.15) is 0 Å². The minimum atomic E-state index is 0.539. The van der Waals surface area contributed by atoms with Crippen LogP contribution in [0.3, 0.4) is 0 Å². The van der Waals surface area contributed by atoms with Gasteiger partial charge in [-0.05, 0) is 18.6 Å². The molecule has 74 valence electrons. The van der Waals surface area contributed by atoms with Gasteiger partial charge in [0.15, 0.2) is 17.4 Å². The van der Waals surface area contributed by atoms with E-state index < -0.39 is 0 Å². The van der Waals surface area contributed by atoms with Crippen LogP contribution in [-0.4, -0.2) is 11.5 Å². The third-order valence-electron chi connectivity index (χ3n) is 2.00. The van der Waals surface area contributed by atoms with Crippen LogP contribution in [0, 0.1) is 6.92 Å². The molecule has 2 aromatic rings. The van der Waals surface area contributed by atoms with Gasteiger partial charge in [0.25, 0.3) is 0 Å². The number of hydrogen-bond donors (Lipinski definition) is 1. The van der Waals surface area contributed by atoms with Crippen molar-refractivity contribution in [1.82, 2.24) is 4.98 Å². The lowest BCUT2D eigenvalue weighted by Gasteiger charge is -1.92. The van der Waals surface area contributed by atoms with E-state index in [4.69, 9.17) is 14.6 Å². The fourth-order valence-corrected chi connectivity index (χ4v) is 1.28. The molecule has 0 fully saturated rings. The highest BCUT2D eigenvalue weighted by Crippen LogP contribution is 2.24. The van der Waals surface area contributed by atoms with E-state index in [1.165, 1.54) is 0 Å². The lowest BCUT2D eigenvalue weighted by atomic mass is 10.2. The average Bonchev–Trinajstić information content (AvgIpc) is 2.74. The summed E-state index contributed by atoms with van der Waals surface area (Å²) in [6.07, 6.45) is 3.95. The molecule has 0 saturated carbocycles. The van der Waals surface area contributed by atoms with Gasteiger partial charge in [-0.25, -0.2) is 4.98 Å². The van der Waals surface area contributed by atoms with E-state index in [0.717, 1.165) is 11.3 Å². The lowest BCUT2D eigenvalue weighted by molar-refractivity contribution is 0.482. The third kappa shape index (κ3) is 1.56. The predicted octanol–water partition coefficient (Wildman–Crippen LogP) is 1.74. The Kier molecular flexibility index (Phi) is 2.37. The highest BCUT2D eigenvalue weighted by atomic mass is 16.4. The fourth-order valence-electron chi connectivity index (χ4n) is 1.28. The maximum absolute atomic E-state index is 5.46. The van der Waals surface area contributed by atoms with Crippen molar-refractivity contribution in [3.63, 3.8) is 0 Å². The van der Waals surface area contributed by atoms with Crippen molar-refractivity contribution in [2.75, 3.05) is 6.54 Å². The molecule has 0 saturated heterocycles. The number of furan rings is 1. The molecule has 0 aliphatic heterocycles. The van der Waals surface area contributed by atoms with E-state index in [2.05, 4.69) is 4.98 Å². The minimum absolute atomic E-state index is 0.539. The van der Waals surface area contributed by atoms with E-state index in [9.17, 15) is 0 Å². The number of nitrogens with two attached hydrogens (primary N) is 1. The quantitative estimate of drug-likeness (QED) is 0.804. The molecule has 2 aromatic heterocycles. The standard InChI is InChI=1S/C10H12N2O2/c1-7-3-5-13-10(7)8-6-12-9(14-8)2-4-11/h3,5-6H,2,4,11H2,1H3. The Balaban J connectivity index is 2.29. The van der Waals surface area contributed by atoms with Gasteiger partial charge in [0.2, 0.25) is 0 Å². The van der Waals surface area contributed by atoms with Crippen molar-refractivity contribution < 1.29 is 8.83 Å². The Hall–Kier alpha value is -1.55. The summed E-state index contributed by atoms with van der Waals surface area (Å²) < 4.78 is 10.7. The Morgan fingerprint density at radius 3 is 3.00 bits per heavy atom. The van der Waals surface area contributed by atoms with Crippen molar-refractivity contribution in [3.8, 4) is 11.5 Å². The molecular formula is C10H12N2O2. The van der Waals surface area contributed by atoms with Gasteiger partial charge in [0.05, 0.1) is 12.5 Å².